The highest BCUT2D eigenvalue weighted by atomic mass is 32.1. The molecule has 214 valence electrons. The first-order chi connectivity index (χ1) is 19.1. The van der Waals surface area contributed by atoms with Gasteiger partial charge < -0.3 is 31.8 Å². The van der Waals surface area contributed by atoms with Gasteiger partial charge in [0.2, 0.25) is 17.7 Å². The minimum absolute atomic E-state index is 0.0318. The molecular formula is C29H37N5O5S. The van der Waals surface area contributed by atoms with Crippen LogP contribution in [0.4, 0.5) is 0 Å². The summed E-state index contributed by atoms with van der Waals surface area (Å²) in [4.78, 5) is 54.1. The molecule has 0 aliphatic carbocycles. The van der Waals surface area contributed by atoms with Crippen molar-refractivity contribution in [2.75, 3.05) is 5.75 Å². The van der Waals surface area contributed by atoms with Crippen molar-refractivity contribution in [2.45, 2.75) is 57.3 Å². The van der Waals surface area contributed by atoms with E-state index in [1.807, 2.05) is 74.6 Å². The van der Waals surface area contributed by atoms with E-state index in [9.17, 15) is 24.3 Å². The Kier molecular flexibility index (Phi) is 11.2. The van der Waals surface area contributed by atoms with E-state index in [0.29, 0.717) is 0 Å². The van der Waals surface area contributed by atoms with Crippen LogP contribution in [-0.4, -0.2) is 63.7 Å². The Balaban J connectivity index is 1.72. The van der Waals surface area contributed by atoms with Crippen molar-refractivity contribution in [3.8, 4) is 0 Å². The molecule has 0 aliphatic rings. The largest absolute Gasteiger partial charge is 0.480 e. The number of carbonyl (C=O) groups is 4. The van der Waals surface area contributed by atoms with E-state index < -0.39 is 47.9 Å². The molecule has 2 aromatic carbocycles. The number of para-hydroxylation sites is 1. The number of aromatic amines is 1. The third kappa shape index (κ3) is 8.59. The van der Waals surface area contributed by atoms with Gasteiger partial charge in [0.25, 0.3) is 0 Å². The van der Waals surface area contributed by atoms with Crippen LogP contribution >= 0.6 is 12.6 Å². The van der Waals surface area contributed by atoms with Gasteiger partial charge in [-0.2, -0.15) is 12.6 Å². The second-order valence-corrected chi connectivity index (χ2v) is 10.6. The van der Waals surface area contributed by atoms with Crippen LogP contribution in [0.5, 0.6) is 0 Å². The molecule has 0 saturated carbocycles. The Bertz CT molecular complexity index is 1310. The number of hydrogen-bond acceptors (Lipinski definition) is 6. The van der Waals surface area contributed by atoms with Crippen molar-refractivity contribution in [1.82, 2.24) is 20.9 Å². The van der Waals surface area contributed by atoms with Crippen molar-refractivity contribution < 1.29 is 24.3 Å². The molecule has 3 aromatic rings. The van der Waals surface area contributed by atoms with Crippen molar-refractivity contribution in [1.29, 1.82) is 0 Å². The maximum Gasteiger partial charge on any atom is 0.326 e. The first-order valence-electron chi connectivity index (χ1n) is 13.2. The fraction of sp³-hybridized carbons (Fsp3) is 0.379. The van der Waals surface area contributed by atoms with Gasteiger partial charge in [0.05, 0.1) is 6.04 Å². The van der Waals surface area contributed by atoms with Crippen LogP contribution in [0.15, 0.2) is 60.8 Å². The highest BCUT2D eigenvalue weighted by molar-refractivity contribution is 7.80. The van der Waals surface area contributed by atoms with Crippen LogP contribution in [0.25, 0.3) is 10.9 Å². The average Bonchev–Trinajstić information content (AvgIpc) is 3.33. The first kappa shape index (κ1) is 30.7. The van der Waals surface area contributed by atoms with Gasteiger partial charge in [0.15, 0.2) is 0 Å². The predicted molar refractivity (Wildman–Crippen MR) is 157 cm³/mol. The lowest BCUT2D eigenvalue weighted by molar-refractivity contribution is -0.142. The van der Waals surface area contributed by atoms with Crippen molar-refractivity contribution in [2.24, 2.45) is 11.7 Å². The van der Waals surface area contributed by atoms with Gasteiger partial charge in [-0.15, -0.1) is 0 Å². The molecule has 0 fully saturated rings. The van der Waals surface area contributed by atoms with Crippen molar-refractivity contribution in [3.63, 3.8) is 0 Å². The molecule has 0 aliphatic heterocycles. The molecule has 4 unspecified atom stereocenters. The van der Waals surface area contributed by atoms with Gasteiger partial charge in [0, 0.05) is 29.3 Å². The molecule has 0 saturated heterocycles. The van der Waals surface area contributed by atoms with E-state index >= 15 is 0 Å². The zero-order chi connectivity index (χ0) is 29.2. The van der Waals surface area contributed by atoms with Crippen LogP contribution < -0.4 is 21.7 Å². The molecular weight excluding hydrogens is 530 g/mol. The number of aliphatic carboxylic acids is 1. The Morgan fingerprint density at radius 2 is 1.45 bits per heavy atom. The molecule has 11 heteroatoms. The fourth-order valence-corrected chi connectivity index (χ4v) is 4.66. The highest BCUT2D eigenvalue weighted by Crippen LogP contribution is 2.19. The van der Waals surface area contributed by atoms with Crippen LogP contribution in [0.1, 0.15) is 31.4 Å². The van der Waals surface area contributed by atoms with Gasteiger partial charge >= 0.3 is 5.97 Å². The minimum atomic E-state index is -1.16. The number of carbonyl (C=O) groups excluding carboxylic acids is 3. The molecule has 10 nitrogen and oxygen atoms in total. The summed E-state index contributed by atoms with van der Waals surface area (Å²) in [5.74, 6) is -3.00. The van der Waals surface area contributed by atoms with E-state index in [2.05, 4.69) is 33.6 Å². The molecule has 4 atom stereocenters. The quantitative estimate of drug-likeness (QED) is 0.147. The molecule has 0 spiro atoms. The lowest BCUT2D eigenvalue weighted by Crippen LogP contribution is -2.58. The second kappa shape index (κ2) is 14.5. The fourth-order valence-electron chi connectivity index (χ4n) is 4.40. The molecule has 3 amide bonds. The highest BCUT2D eigenvalue weighted by Gasteiger charge is 2.30. The van der Waals surface area contributed by atoms with Crippen LogP contribution in [0, 0.1) is 5.92 Å². The third-order valence-electron chi connectivity index (χ3n) is 6.50. The van der Waals surface area contributed by atoms with Gasteiger partial charge in [-0.05, 0) is 36.0 Å². The number of carboxylic acid groups (broad SMARTS) is 1. The molecule has 7 N–H and O–H groups in total. The summed E-state index contributed by atoms with van der Waals surface area (Å²) in [5, 5.41) is 18.3. The summed E-state index contributed by atoms with van der Waals surface area (Å²) >= 11 is 4.19. The van der Waals surface area contributed by atoms with E-state index in [1.165, 1.54) is 0 Å². The lowest BCUT2D eigenvalue weighted by atomic mass is 10.0. The van der Waals surface area contributed by atoms with Crippen LogP contribution in [0.2, 0.25) is 0 Å². The molecule has 0 bridgehead atoms. The predicted octanol–water partition coefficient (Wildman–Crippen LogP) is 1.80. The molecule has 0 radical (unpaired) electrons. The molecule has 40 heavy (non-hydrogen) atoms. The number of nitrogens with one attached hydrogen (secondary N) is 4. The smallest absolute Gasteiger partial charge is 0.326 e. The van der Waals surface area contributed by atoms with Crippen LogP contribution in [-0.2, 0) is 32.0 Å². The Hall–Kier alpha value is -3.83. The van der Waals surface area contributed by atoms with Gasteiger partial charge in [0.1, 0.15) is 18.1 Å². The number of H-pyrrole nitrogens is 1. The monoisotopic (exact) mass is 567 g/mol. The number of hydrogen-bond donors (Lipinski definition) is 7. The summed E-state index contributed by atoms with van der Waals surface area (Å²) in [6.07, 6.45) is 2.45. The number of thiol groups is 1. The number of benzene rings is 2. The van der Waals surface area contributed by atoms with E-state index in [1.54, 1.807) is 0 Å². The Morgan fingerprint density at radius 1 is 0.850 bits per heavy atom. The standard InChI is InChI=1S/C29H37N5O5S/c1-17(2)12-24(29(38)39)33-28(37)25(16-40)34-27(36)23(13-18-8-4-3-5-9-18)32-26(35)21(30)14-19-15-31-22-11-7-6-10-20(19)22/h3-11,15,17,21,23-25,31,40H,12-14,16,30H2,1-2H3,(H,32,35)(H,33,37)(H,34,36)(H,38,39). The Labute approximate surface area is 238 Å². The number of aromatic nitrogens is 1. The molecule has 1 aromatic heterocycles. The summed E-state index contributed by atoms with van der Waals surface area (Å²) in [6, 6.07) is 12.6. The zero-order valence-corrected chi connectivity index (χ0v) is 23.5. The second-order valence-electron chi connectivity index (χ2n) is 10.2. The van der Waals surface area contributed by atoms with Crippen molar-refractivity contribution >= 4 is 47.2 Å². The van der Waals surface area contributed by atoms with Crippen LogP contribution in [0.3, 0.4) is 0 Å². The topological polar surface area (TPSA) is 166 Å². The van der Waals surface area contributed by atoms with Gasteiger partial charge in [-0.3, -0.25) is 14.4 Å². The summed E-state index contributed by atoms with van der Waals surface area (Å²) < 4.78 is 0. The maximum atomic E-state index is 13.4. The minimum Gasteiger partial charge on any atom is -0.480 e. The third-order valence-corrected chi connectivity index (χ3v) is 6.87. The van der Waals surface area contributed by atoms with E-state index in [0.717, 1.165) is 22.0 Å². The number of amides is 3. The Morgan fingerprint density at radius 3 is 2.10 bits per heavy atom. The molecule has 1 heterocycles. The number of fused-ring (bicyclic) bond motifs is 1. The normalized spacial score (nSPS) is 14.2. The van der Waals surface area contributed by atoms with E-state index in [-0.39, 0.29) is 30.9 Å². The number of nitrogens with two attached hydrogens (primary N) is 1. The number of carboxylic acids is 1. The van der Waals surface area contributed by atoms with Gasteiger partial charge in [-0.25, -0.2) is 4.79 Å². The van der Waals surface area contributed by atoms with Gasteiger partial charge in [-0.1, -0.05) is 62.4 Å². The summed E-state index contributed by atoms with van der Waals surface area (Å²) in [7, 11) is 0. The summed E-state index contributed by atoms with van der Waals surface area (Å²) in [5.41, 5.74) is 8.85. The van der Waals surface area contributed by atoms with E-state index in [4.69, 9.17) is 5.73 Å². The zero-order valence-electron chi connectivity index (χ0n) is 22.6. The maximum absolute atomic E-state index is 13.4. The molecule has 3 rings (SSSR count). The summed E-state index contributed by atoms with van der Waals surface area (Å²) in [6.45, 7) is 3.69. The van der Waals surface area contributed by atoms with Crippen molar-refractivity contribution in [3.05, 3.63) is 71.9 Å². The SMILES string of the molecule is CC(C)CC(NC(=O)C(CS)NC(=O)C(Cc1ccccc1)NC(=O)C(N)Cc1c[nH]c2ccccc12)C(=O)O. The average molecular weight is 568 g/mol. The first-order valence-corrected chi connectivity index (χ1v) is 13.8. The lowest BCUT2D eigenvalue weighted by Gasteiger charge is -2.25. The number of rotatable bonds is 14.